The van der Waals surface area contributed by atoms with Gasteiger partial charge in [-0.25, -0.2) is 0 Å². The summed E-state index contributed by atoms with van der Waals surface area (Å²) < 4.78 is 37.4. The maximum atomic E-state index is 12.5. The van der Waals surface area contributed by atoms with Crippen LogP contribution in [0.2, 0.25) is 5.02 Å². The van der Waals surface area contributed by atoms with Crippen molar-refractivity contribution >= 4 is 23.4 Å². The van der Waals surface area contributed by atoms with Gasteiger partial charge in [-0.1, -0.05) is 11.6 Å². The van der Waals surface area contributed by atoms with E-state index in [0.717, 1.165) is 18.0 Å². The fraction of sp³-hybridized carbons (Fsp3) is 0.0667. The van der Waals surface area contributed by atoms with Crippen molar-refractivity contribution in [3.05, 3.63) is 64.6 Å². The third kappa shape index (κ3) is 3.99. The van der Waals surface area contributed by atoms with E-state index in [0.29, 0.717) is 5.56 Å². The van der Waals surface area contributed by atoms with E-state index < -0.39 is 11.7 Å². The standard InChI is InChI=1S/C15H9ClF3N3/c16-13-7-11(15(17,18)19)9-22-14(13)5-6-21-12-3-1-10(8-20)2-4-12/h1-7,9,21H/b6-5+. The predicted octanol–water partition coefficient (Wildman–Crippen LogP) is 4.71. The highest BCUT2D eigenvalue weighted by atomic mass is 35.5. The fourth-order valence-corrected chi connectivity index (χ4v) is 1.81. The van der Waals surface area contributed by atoms with Gasteiger partial charge < -0.3 is 5.32 Å². The summed E-state index contributed by atoms with van der Waals surface area (Å²) in [6.07, 6.45) is -0.781. The van der Waals surface area contributed by atoms with Crippen molar-refractivity contribution in [3.63, 3.8) is 0 Å². The number of alkyl halides is 3. The number of anilines is 1. The average Bonchev–Trinajstić information content (AvgIpc) is 2.48. The summed E-state index contributed by atoms with van der Waals surface area (Å²) in [6, 6.07) is 9.50. The average molecular weight is 324 g/mol. The van der Waals surface area contributed by atoms with Crippen molar-refractivity contribution in [2.45, 2.75) is 6.18 Å². The lowest BCUT2D eigenvalue weighted by Crippen LogP contribution is -2.05. The first-order valence-electron chi connectivity index (χ1n) is 6.06. The van der Waals surface area contributed by atoms with Crippen LogP contribution in [0.1, 0.15) is 16.8 Å². The Bertz CT molecular complexity index is 731. The number of hydrogen-bond acceptors (Lipinski definition) is 3. The zero-order chi connectivity index (χ0) is 16.2. The summed E-state index contributed by atoms with van der Waals surface area (Å²) >= 11 is 5.78. The summed E-state index contributed by atoms with van der Waals surface area (Å²) in [5.74, 6) is 0. The number of aromatic nitrogens is 1. The predicted molar refractivity (Wildman–Crippen MR) is 78.1 cm³/mol. The molecule has 7 heteroatoms. The summed E-state index contributed by atoms with van der Waals surface area (Å²) in [6.45, 7) is 0. The first kappa shape index (κ1) is 15.9. The van der Waals surface area contributed by atoms with Crippen molar-refractivity contribution in [3.8, 4) is 6.07 Å². The topological polar surface area (TPSA) is 48.7 Å². The third-order valence-corrected chi connectivity index (χ3v) is 3.00. The molecular formula is C15H9ClF3N3. The van der Waals surface area contributed by atoms with E-state index in [-0.39, 0.29) is 10.7 Å². The molecule has 0 aliphatic carbocycles. The molecule has 0 saturated carbocycles. The molecule has 1 aromatic heterocycles. The number of hydrogen-bond donors (Lipinski definition) is 1. The largest absolute Gasteiger partial charge is 0.417 e. The van der Waals surface area contributed by atoms with Crippen LogP contribution < -0.4 is 5.32 Å². The van der Waals surface area contributed by atoms with E-state index in [4.69, 9.17) is 16.9 Å². The summed E-state index contributed by atoms with van der Waals surface area (Å²) in [4.78, 5) is 3.68. The molecule has 1 heterocycles. The Morgan fingerprint density at radius 1 is 1.23 bits per heavy atom. The van der Waals surface area contributed by atoms with Gasteiger partial charge in [0.15, 0.2) is 0 Å². The zero-order valence-electron chi connectivity index (χ0n) is 11.0. The highest BCUT2D eigenvalue weighted by Gasteiger charge is 2.31. The minimum Gasteiger partial charge on any atom is -0.362 e. The Morgan fingerprint density at radius 3 is 2.45 bits per heavy atom. The normalized spacial score (nSPS) is 11.4. The highest BCUT2D eigenvalue weighted by molar-refractivity contribution is 6.31. The summed E-state index contributed by atoms with van der Waals surface area (Å²) in [5, 5.41) is 11.5. The molecule has 0 fully saturated rings. The van der Waals surface area contributed by atoms with E-state index in [2.05, 4.69) is 10.3 Å². The Morgan fingerprint density at radius 2 is 1.91 bits per heavy atom. The first-order valence-corrected chi connectivity index (χ1v) is 6.44. The molecule has 2 rings (SSSR count). The van der Waals surface area contributed by atoms with Crippen LogP contribution in [0.4, 0.5) is 18.9 Å². The minimum absolute atomic E-state index is 0.0901. The van der Waals surface area contributed by atoms with Gasteiger partial charge in [0.05, 0.1) is 27.9 Å². The molecule has 22 heavy (non-hydrogen) atoms. The van der Waals surface area contributed by atoms with Crippen LogP contribution in [0.5, 0.6) is 0 Å². The van der Waals surface area contributed by atoms with Gasteiger partial charge in [-0.3, -0.25) is 4.98 Å². The second kappa shape index (κ2) is 6.50. The molecule has 3 nitrogen and oxygen atoms in total. The lowest BCUT2D eigenvalue weighted by atomic mass is 10.2. The van der Waals surface area contributed by atoms with E-state index in [1.54, 1.807) is 24.3 Å². The Balaban J connectivity index is 2.08. The van der Waals surface area contributed by atoms with Gasteiger partial charge in [0.25, 0.3) is 0 Å². The molecule has 0 saturated heterocycles. The number of benzene rings is 1. The van der Waals surface area contributed by atoms with Gasteiger partial charge in [-0.05, 0) is 36.4 Å². The second-order valence-corrected chi connectivity index (χ2v) is 4.66. The molecule has 1 aromatic carbocycles. The van der Waals surface area contributed by atoms with Crippen LogP contribution in [0.15, 0.2) is 42.7 Å². The second-order valence-electron chi connectivity index (χ2n) is 4.26. The van der Waals surface area contributed by atoms with Crippen molar-refractivity contribution < 1.29 is 13.2 Å². The number of rotatable bonds is 3. The lowest BCUT2D eigenvalue weighted by molar-refractivity contribution is -0.137. The maximum Gasteiger partial charge on any atom is 0.417 e. The van der Waals surface area contributed by atoms with Gasteiger partial charge in [0.1, 0.15) is 0 Å². The molecule has 2 aromatic rings. The first-order chi connectivity index (χ1) is 10.4. The number of halogens is 4. The summed E-state index contributed by atoms with van der Waals surface area (Å²) in [7, 11) is 0. The number of nitrogens with zero attached hydrogens (tertiary/aromatic N) is 2. The Kier molecular flexibility index (Phi) is 4.68. The maximum absolute atomic E-state index is 12.5. The van der Waals surface area contributed by atoms with Crippen LogP contribution in [0.25, 0.3) is 6.08 Å². The van der Waals surface area contributed by atoms with Crippen LogP contribution in [-0.4, -0.2) is 4.98 Å². The van der Waals surface area contributed by atoms with E-state index in [1.165, 1.54) is 12.3 Å². The number of nitriles is 1. The van der Waals surface area contributed by atoms with Crippen molar-refractivity contribution in [1.29, 1.82) is 5.26 Å². The molecule has 1 N–H and O–H groups in total. The van der Waals surface area contributed by atoms with Crippen molar-refractivity contribution in [1.82, 2.24) is 4.98 Å². The molecule has 0 bridgehead atoms. The molecule has 0 atom stereocenters. The van der Waals surface area contributed by atoms with Crippen molar-refractivity contribution in [2.24, 2.45) is 0 Å². The third-order valence-electron chi connectivity index (χ3n) is 2.70. The van der Waals surface area contributed by atoms with E-state index in [1.807, 2.05) is 6.07 Å². The molecule has 0 unspecified atom stereocenters. The molecule has 112 valence electrons. The number of pyridine rings is 1. The van der Waals surface area contributed by atoms with Gasteiger partial charge in [0, 0.05) is 18.1 Å². The van der Waals surface area contributed by atoms with Gasteiger partial charge >= 0.3 is 6.18 Å². The fourth-order valence-electron chi connectivity index (χ4n) is 1.58. The van der Waals surface area contributed by atoms with Gasteiger partial charge in [0.2, 0.25) is 0 Å². The lowest BCUT2D eigenvalue weighted by Gasteiger charge is -2.07. The summed E-state index contributed by atoms with van der Waals surface area (Å²) in [5.41, 5.74) is 0.575. The van der Waals surface area contributed by atoms with E-state index >= 15 is 0 Å². The quantitative estimate of drug-likeness (QED) is 0.890. The zero-order valence-corrected chi connectivity index (χ0v) is 11.8. The molecule has 0 radical (unpaired) electrons. The molecule has 0 spiro atoms. The van der Waals surface area contributed by atoms with Crippen LogP contribution in [-0.2, 0) is 6.18 Å². The van der Waals surface area contributed by atoms with Gasteiger partial charge in [-0.2, -0.15) is 18.4 Å². The molecule has 0 aliphatic rings. The Hall–Kier alpha value is -2.52. The highest BCUT2D eigenvalue weighted by Crippen LogP contribution is 2.31. The van der Waals surface area contributed by atoms with Crippen LogP contribution in [0, 0.1) is 11.3 Å². The smallest absolute Gasteiger partial charge is 0.362 e. The SMILES string of the molecule is N#Cc1ccc(N/C=C/c2ncc(C(F)(F)F)cc2Cl)cc1. The monoisotopic (exact) mass is 323 g/mol. The molecular weight excluding hydrogens is 315 g/mol. The van der Waals surface area contributed by atoms with Crippen molar-refractivity contribution in [2.75, 3.05) is 5.32 Å². The van der Waals surface area contributed by atoms with Gasteiger partial charge in [-0.15, -0.1) is 0 Å². The minimum atomic E-state index is -4.47. The Labute approximate surface area is 129 Å². The molecule has 0 amide bonds. The van der Waals surface area contributed by atoms with E-state index in [9.17, 15) is 13.2 Å². The molecule has 0 aliphatic heterocycles. The van der Waals surface area contributed by atoms with Crippen LogP contribution in [0.3, 0.4) is 0 Å². The van der Waals surface area contributed by atoms with Crippen LogP contribution >= 0.6 is 11.6 Å². The number of nitrogens with one attached hydrogen (secondary N) is 1.